The van der Waals surface area contributed by atoms with Crippen LogP contribution in [0.5, 0.6) is 5.75 Å². The Kier molecular flexibility index (Phi) is 11.6. The second-order valence-electron chi connectivity index (χ2n) is 13.3. The van der Waals surface area contributed by atoms with Crippen LogP contribution in [0.15, 0.2) is 41.6 Å². The third-order valence-corrected chi connectivity index (χ3v) is 12.6. The van der Waals surface area contributed by atoms with Crippen LogP contribution < -0.4 is 4.74 Å². The molecule has 0 spiro atoms. The molecule has 0 saturated carbocycles. The van der Waals surface area contributed by atoms with Crippen LogP contribution in [0.25, 0.3) is 0 Å². The van der Waals surface area contributed by atoms with E-state index < -0.39 is 10.0 Å². The van der Waals surface area contributed by atoms with Crippen molar-refractivity contribution in [2.75, 3.05) is 59.6 Å². The van der Waals surface area contributed by atoms with E-state index in [2.05, 4.69) is 16.0 Å². The minimum absolute atomic E-state index is 0.0180. The number of hydrogen-bond acceptors (Lipinski definition) is 7. The third-order valence-electron chi connectivity index (χ3n) is 10.3. The van der Waals surface area contributed by atoms with Crippen LogP contribution in [0.4, 0.5) is 0 Å². The second-order valence-corrected chi connectivity index (χ2v) is 15.1. The van der Waals surface area contributed by atoms with Crippen LogP contribution in [0.2, 0.25) is 0 Å². The van der Waals surface area contributed by atoms with Crippen LogP contribution in [0.3, 0.4) is 0 Å². The molecule has 3 aliphatic heterocycles. The lowest BCUT2D eigenvalue weighted by atomic mass is 9.70. The van der Waals surface area contributed by atoms with Gasteiger partial charge in [-0.1, -0.05) is 12.5 Å². The van der Waals surface area contributed by atoms with Gasteiger partial charge in [0.2, 0.25) is 15.9 Å². The Morgan fingerprint density at radius 3 is 2.40 bits per heavy atom. The molecule has 1 amide bonds. The maximum atomic E-state index is 13.9. The van der Waals surface area contributed by atoms with Crippen molar-refractivity contribution in [3.63, 3.8) is 0 Å². The number of hydrogen-bond donors (Lipinski definition) is 0. The van der Waals surface area contributed by atoms with Crippen molar-refractivity contribution in [3.05, 3.63) is 53.3 Å². The molecular weight excluding hydrogens is 588 g/mol. The zero-order valence-electron chi connectivity index (χ0n) is 27.5. The van der Waals surface area contributed by atoms with Crippen molar-refractivity contribution in [3.8, 4) is 5.75 Å². The standard InChI is InChI=1S/C35H52N4O5S/c1-28-24-32(43-3)25-29(2)34(28)45(41,42)39-20-5-4-11-31(39)12-23-44-27-33(40)38-21-14-35(15-22-38,30-10-8-16-36-26-30)13-9-19-37-17-6-7-18-37/h8,10,16,24-26,31H,4-7,9,11-15,17-23,27H2,1-3H3. The number of sulfonamides is 1. The molecule has 248 valence electrons. The number of ether oxygens (including phenoxy) is 2. The monoisotopic (exact) mass is 640 g/mol. The molecule has 1 unspecified atom stereocenters. The number of nitrogens with zero attached hydrogens (tertiary/aromatic N) is 4. The summed E-state index contributed by atoms with van der Waals surface area (Å²) in [4.78, 5) is 22.5. The fraction of sp³-hybridized carbons (Fsp3) is 0.657. The van der Waals surface area contributed by atoms with Gasteiger partial charge in [-0.25, -0.2) is 8.42 Å². The van der Waals surface area contributed by atoms with Gasteiger partial charge in [-0.3, -0.25) is 9.78 Å². The number of likely N-dealkylation sites (tertiary alicyclic amines) is 2. The first-order chi connectivity index (χ1) is 21.7. The summed E-state index contributed by atoms with van der Waals surface area (Å²) in [5.41, 5.74) is 2.74. The topological polar surface area (TPSA) is 92.3 Å². The molecule has 3 saturated heterocycles. The van der Waals surface area contributed by atoms with Gasteiger partial charge < -0.3 is 19.3 Å². The predicted octanol–water partition coefficient (Wildman–Crippen LogP) is 5.09. The van der Waals surface area contributed by atoms with E-state index in [1.54, 1.807) is 23.5 Å². The fourth-order valence-corrected chi connectivity index (χ4v) is 9.93. The molecule has 0 radical (unpaired) electrons. The van der Waals surface area contributed by atoms with Gasteiger partial charge in [-0.15, -0.1) is 0 Å². The lowest BCUT2D eigenvalue weighted by molar-refractivity contribution is -0.138. The van der Waals surface area contributed by atoms with Gasteiger partial charge in [0.05, 0.1) is 12.0 Å². The largest absolute Gasteiger partial charge is 0.497 e. The second kappa shape index (κ2) is 15.4. The molecule has 3 fully saturated rings. The van der Waals surface area contributed by atoms with Gasteiger partial charge in [-0.2, -0.15) is 4.31 Å². The highest BCUT2D eigenvalue weighted by Crippen LogP contribution is 2.40. The number of rotatable bonds is 13. The van der Waals surface area contributed by atoms with E-state index in [-0.39, 0.29) is 24.0 Å². The molecule has 0 N–H and O–H groups in total. The van der Waals surface area contributed by atoms with E-state index in [4.69, 9.17) is 9.47 Å². The predicted molar refractivity (Wildman–Crippen MR) is 176 cm³/mol. The van der Waals surface area contributed by atoms with Crippen molar-refractivity contribution in [2.24, 2.45) is 0 Å². The maximum absolute atomic E-state index is 13.9. The van der Waals surface area contributed by atoms with Crippen molar-refractivity contribution in [2.45, 2.75) is 94.4 Å². The highest BCUT2D eigenvalue weighted by atomic mass is 32.2. The zero-order chi connectivity index (χ0) is 31.9. The average Bonchev–Trinajstić information content (AvgIpc) is 3.57. The molecule has 3 aliphatic rings. The first kappa shape index (κ1) is 33.8. The number of benzene rings is 1. The van der Waals surface area contributed by atoms with Gasteiger partial charge in [-0.05, 0) is 126 Å². The summed E-state index contributed by atoms with van der Waals surface area (Å²) in [6.45, 7) is 9.57. The van der Waals surface area contributed by atoms with Crippen molar-refractivity contribution in [1.82, 2.24) is 19.1 Å². The summed E-state index contributed by atoms with van der Waals surface area (Å²) in [5, 5.41) is 0. The van der Waals surface area contributed by atoms with E-state index in [1.165, 1.54) is 31.5 Å². The molecule has 5 rings (SSSR count). The maximum Gasteiger partial charge on any atom is 0.248 e. The van der Waals surface area contributed by atoms with Gasteiger partial charge in [0.15, 0.2) is 0 Å². The smallest absolute Gasteiger partial charge is 0.248 e. The molecular formula is C35H52N4O5S. The lowest BCUT2D eigenvalue weighted by Crippen LogP contribution is -2.47. The highest BCUT2D eigenvalue weighted by Gasteiger charge is 2.38. The molecule has 1 atom stereocenters. The molecule has 0 aliphatic carbocycles. The normalized spacial score (nSPS) is 21.2. The SMILES string of the molecule is COc1cc(C)c(S(=O)(=O)N2CCCCC2CCOCC(=O)N2CCC(CCCN3CCCC3)(c3cccnc3)CC2)c(C)c1. The van der Waals surface area contributed by atoms with Crippen LogP contribution in [-0.4, -0.2) is 99.0 Å². The fourth-order valence-electron chi connectivity index (χ4n) is 7.79. The summed E-state index contributed by atoms with van der Waals surface area (Å²) < 4.78 is 40.6. The number of aryl methyl sites for hydroxylation is 2. The highest BCUT2D eigenvalue weighted by molar-refractivity contribution is 7.89. The minimum atomic E-state index is -3.67. The number of carbonyl (C=O) groups excluding carboxylic acids is 1. The Bertz CT molecular complexity index is 1350. The molecule has 0 bridgehead atoms. The first-order valence-electron chi connectivity index (χ1n) is 16.9. The zero-order valence-corrected chi connectivity index (χ0v) is 28.3. The van der Waals surface area contributed by atoms with E-state index >= 15 is 0 Å². The van der Waals surface area contributed by atoms with Crippen LogP contribution in [-0.2, 0) is 25.0 Å². The van der Waals surface area contributed by atoms with Crippen molar-refractivity contribution < 1.29 is 22.7 Å². The molecule has 45 heavy (non-hydrogen) atoms. The van der Waals surface area contributed by atoms with Gasteiger partial charge in [0, 0.05) is 50.1 Å². The van der Waals surface area contributed by atoms with E-state index in [0.717, 1.165) is 64.6 Å². The Hall–Kier alpha value is -2.53. The van der Waals surface area contributed by atoms with Crippen molar-refractivity contribution >= 4 is 15.9 Å². The van der Waals surface area contributed by atoms with Gasteiger partial charge in [0.25, 0.3) is 0 Å². The van der Waals surface area contributed by atoms with E-state index in [9.17, 15) is 13.2 Å². The molecule has 10 heteroatoms. The van der Waals surface area contributed by atoms with Crippen molar-refractivity contribution in [1.29, 1.82) is 0 Å². The Balaban J connectivity index is 1.12. The Labute approximate surface area is 270 Å². The number of aromatic nitrogens is 1. The minimum Gasteiger partial charge on any atom is -0.497 e. The van der Waals surface area contributed by atoms with E-state index in [0.29, 0.717) is 41.3 Å². The quantitative estimate of drug-likeness (QED) is 0.282. The van der Waals surface area contributed by atoms with Crippen LogP contribution in [0, 0.1) is 13.8 Å². The lowest BCUT2D eigenvalue weighted by Gasteiger charge is -2.42. The van der Waals surface area contributed by atoms with Gasteiger partial charge >= 0.3 is 0 Å². The summed E-state index contributed by atoms with van der Waals surface area (Å²) in [6.07, 6.45) is 13.8. The van der Waals surface area contributed by atoms with Crippen LogP contribution >= 0.6 is 0 Å². The molecule has 1 aromatic heterocycles. The molecule has 1 aromatic carbocycles. The first-order valence-corrected chi connectivity index (χ1v) is 18.3. The summed E-state index contributed by atoms with van der Waals surface area (Å²) in [6, 6.07) is 7.65. The summed E-state index contributed by atoms with van der Waals surface area (Å²) in [5.74, 6) is 0.677. The number of carbonyl (C=O) groups is 1. The molecule has 4 heterocycles. The number of pyridine rings is 1. The number of piperidine rings is 2. The number of amides is 1. The van der Waals surface area contributed by atoms with E-state index in [1.807, 2.05) is 37.2 Å². The summed E-state index contributed by atoms with van der Waals surface area (Å²) >= 11 is 0. The molecule has 2 aromatic rings. The Morgan fingerprint density at radius 1 is 1.02 bits per heavy atom. The average molecular weight is 641 g/mol. The van der Waals surface area contributed by atoms with Crippen LogP contribution in [0.1, 0.15) is 80.9 Å². The Morgan fingerprint density at radius 2 is 1.73 bits per heavy atom. The third kappa shape index (κ3) is 8.07. The summed E-state index contributed by atoms with van der Waals surface area (Å²) in [7, 11) is -2.08. The number of methoxy groups -OCH3 is 1. The molecule has 9 nitrogen and oxygen atoms in total. The van der Waals surface area contributed by atoms with Gasteiger partial charge in [0.1, 0.15) is 12.4 Å².